The molecule has 0 bridgehead atoms. The lowest BCUT2D eigenvalue weighted by Gasteiger charge is -2.46. The highest BCUT2D eigenvalue weighted by molar-refractivity contribution is 5.93. The highest BCUT2D eigenvalue weighted by Gasteiger charge is 2.39. The summed E-state index contributed by atoms with van der Waals surface area (Å²) in [5.41, 5.74) is 2.66. The molecule has 7 nitrogen and oxygen atoms in total. The molecule has 0 radical (unpaired) electrons. The maximum Gasteiger partial charge on any atom is 0.272 e. The first-order valence-corrected chi connectivity index (χ1v) is 8.48. The Labute approximate surface area is 142 Å². The van der Waals surface area contributed by atoms with Crippen molar-refractivity contribution in [1.82, 2.24) is 25.1 Å². The van der Waals surface area contributed by atoms with E-state index in [-0.39, 0.29) is 23.9 Å². The van der Waals surface area contributed by atoms with Crippen molar-refractivity contribution in [3.05, 3.63) is 22.8 Å². The molecule has 1 atom stereocenters. The average molecular weight is 331 g/mol. The van der Waals surface area contributed by atoms with Gasteiger partial charge >= 0.3 is 0 Å². The summed E-state index contributed by atoms with van der Waals surface area (Å²) in [6, 6.07) is 0.0420. The molecule has 24 heavy (non-hydrogen) atoms. The van der Waals surface area contributed by atoms with E-state index in [4.69, 9.17) is 0 Å². The van der Waals surface area contributed by atoms with Crippen LogP contribution >= 0.6 is 0 Å². The van der Waals surface area contributed by atoms with E-state index in [9.17, 15) is 9.59 Å². The maximum atomic E-state index is 12.4. The number of aryl methyl sites for hydroxylation is 3. The molecule has 0 spiro atoms. The van der Waals surface area contributed by atoms with Crippen molar-refractivity contribution in [1.29, 1.82) is 0 Å². The smallest absolute Gasteiger partial charge is 0.272 e. The Morgan fingerprint density at radius 1 is 1.12 bits per heavy atom. The molecule has 2 saturated heterocycles. The van der Waals surface area contributed by atoms with Crippen LogP contribution in [0.1, 0.15) is 40.4 Å². The second kappa shape index (κ2) is 6.47. The number of hydrogen-bond donors (Lipinski definition) is 1. The van der Waals surface area contributed by atoms with Gasteiger partial charge in [-0.25, -0.2) is 4.98 Å². The molecule has 3 rings (SSSR count). The number of likely N-dealkylation sites (tertiary alicyclic amines) is 2. The first kappa shape index (κ1) is 16.8. The summed E-state index contributed by atoms with van der Waals surface area (Å²) in [6.45, 7) is 7.82. The minimum absolute atomic E-state index is 0.0277. The predicted octanol–water partition coefficient (Wildman–Crippen LogP) is 0.437. The SMILES string of the molecule is Cc1nc(C)c(C(=O)NC2CN(C3CCCN(C)C3=O)C2)nc1C. The highest BCUT2D eigenvalue weighted by Crippen LogP contribution is 2.21. The molecule has 0 aliphatic carbocycles. The van der Waals surface area contributed by atoms with Crippen LogP contribution in [0.2, 0.25) is 0 Å². The van der Waals surface area contributed by atoms with E-state index in [1.807, 2.05) is 20.9 Å². The van der Waals surface area contributed by atoms with Gasteiger partial charge in [-0.3, -0.25) is 19.5 Å². The van der Waals surface area contributed by atoms with Crippen molar-refractivity contribution in [3.8, 4) is 0 Å². The lowest BCUT2D eigenvalue weighted by molar-refractivity contribution is -0.141. The maximum absolute atomic E-state index is 12.4. The zero-order chi connectivity index (χ0) is 17.4. The molecule has 2 aliphatic heterocycles. The van der Waals surface area contributed by atoms with Gasteiger partial charge < -0.3 is 10.2 Å². The third kappa shape index (κ3) is 3.13. The fourth-order valence-electron chi connectivity index (χ4n) is 3.39. The number of aromatic nitrogens is 2. The minimum atomic E-state index is -0.181. The highest BCUT2D eigenvalue weighted by atomic mass is 16.2. The number of carbonyl (C=O) groups is 2. The molecule has 1 N–H and O–H groups in total. The predicted molar refractivity (Wildman–Crippen MR) is 89.7 cm³/mol. The molecule has 2 amide bonds. The van der Waals surface area contributed by atoms with Crippen molar-refractivity contribution in [2.45, 2.75) is 45.7 Å². The first-order valence-electron chi connectivity index (χ1n) is 8.48. The molecule has 0 saturated carbocycles. The third-order valence-electron chi connectivity index (χ3n) is 5.01. The Balaban J connectivity index is 1.57. The Hall–Kier alpha value is -2.02. The van der Waals surface area contributed by atoms with Gasteiger partial charge in [0.15, 0.2) is 0 Å². The summed E-state index contributed by atoms with van der Waals surface area (Å²) in [5, 5.41) is 3.01. The summed E-state index contributed by atoms with van der Waals surface area (Å²) >= 11 is 0. The van der Waals surface area contributed by atoms with Crippen LogP contribution in [0.3, 0.4) is 0 Å². The van der Waals surface area contributed by atoms with Crippen LogP contribution in [0.4, 0.5) is 0 Å². The lowest BCUT2D eigenvalue weighted by atomic mass is 9.97. The fourth-order valence-corrected chi connectivity index (χ4v) is 3.39. The second-order valence-corrected chi connectivity index (χ2v) is 6.87. The monoisotopic (exact) mass is 331 g/mol. The van der Waals surface area contributed by atoms with Crippen molar-refractivity contribution in [2.75, 3.05) is 26.7 Å². The summed E-state index contributed by atoms with van der Waals surface area (Å²) < 4.78 is 0. The number of rotatable bonds is 3. The van der Waals surface area contributed by atoms with Gasteiger partial charge in [-0.1, -0.05) is 0 Å². The molecule has 130 valence electrons. The molecule has 3 heterocycles. The van der Waals surface area contributed by atoms with E-state index in [2.05, 4.69) is 20.2 Å². The van der Waals surface area contributed by atoms with Gasteiger partial charge in [0, 0.05) is 26.7 Å². The number of piperidine rings is 1. The van der Waals surface area contributed by atoms with Crippen molar-refractivity contribution >= 4 is 11.8 Å². The lowest BCUT2D eigenvalue weighted by Crippen LogP contribution is -2.65. The fraction of sp³-hybridized carbons (Fsp3) is 0.647. The molecule has 2 aliphatic rings. The van der Waals surface area contributed by atoms with E-state index in [1.54, 1.807) is 11.8 Å². The van der Waals surface area contributed by atoms with Crippen LogP contribution in [0.15, 0.2) is 0 Å². The van der Waals surface area contributed by atoms with Crippen LogP contribution in [0.5, 0.6) is 0 Å². The molecule has 1 aromatic rings. The van der Waals surface area contributed by atoms with E-state index >= 15 is 0 Å². The summed E-state index contributed by atoms with van der Waals surface area (Å²) in [7, 11) is 1.86. The van der Waals surface area contributed by atoms with Gasteiger partial charge in [0.2, 0.25) is 5.91 Å². The topological polar surface area (TPSA) is 78.4 Å². The van der Waals surface area contributed by atoms with E-state index in [0.717, 1.165) is 30.8 Å². The molecule has 2 fully saturated rings. The van der Waals surface area contributed by atoms with Crippen LogP contribution < -0.4 is 5.32 Å². The van der Waals surface area contributed by atoms with Crippen LogP contribution in [-0.2, 0) is 4.79 Å². The molecule has 1 aromatic heterocycles. The zero-order valence-electron chi connectivity index (χ0n) is 14.8. The number of nitrogens with one attached hydrogen (secondary N) is 1. The average Bonchev–Trinajstić information content (AvgIpc) is 2.49. The number of hydrogen-bond acceptors (Lipinski definition) is 5. The van der Waals surface area contributed by atoms with Gasteiger partial charge in [-0.2, -0.15) is 0 Å². The number of amides is 2. The molecular weight excluding hydrogens is 306 g/mol. The van der Waals surface area contributed by atoms with Gasteiger partial charge in [0.25, 0.3) is 5.91 Å². The summed E-state index contributed by atoms with van der Waals surface area (Å²) in [5.74, 6) is 0.0155. The standard InChI is InChI=1S/C17H25N5O2/c1-10-11(2)19-15(12(3)18-10)16(23)20-13-8-22(9-13)14-6-5-7-21(4)17(14)24/h13-14H,5-9H2,1-4H3,(H,20,23). The van der Waals surface area contributed by atoms with Crippen molar-refractivity contribution < 1.29 is 9.59 Å². The van der Waals surface area contributed by atoms with E-state index in [1.165, 1.54) is 0 Å². The normalized spacial score (nSPS) is 22.4. The van der Waals surface area contributed by atoms with Crippen molar-refractivity contribution in [3.63, 3.8) is 0 Å². The van der Waals surface area contributed by atoms with E-state index in [0.29, 0.717) is 24.5 Å². The summed E-state index contributed by atoms with van der Waals surface area (Å²) in [4.78, 5) is 37.3. The Kier molecular flexibility index (Phi) is 4.54. The van der Waals surface area contributed by atoms with E-state index < -0.39 is 0 Å². The Bertz CT molecular complexity index is 669. The Morgan fingerprint density at radius 3 is 2.50 bits per heavy atom. The molecule has 1 unspecified atom stereocenters. The summed E-state index contributed by atoms with van der Waals surface area (Å²) in [6.07, 6.45) is 1.95. The zero-order valence-corrected chi connectivity index (χ0v) is 14.8. The molecule has 0 aromatic carbocycles. The number of carbonyl (C=O) groups excluding carboxylic acids is 2. The largest absolute Gasteiger partial charge is 0.345 e. The number of nitrogens with zero attached hydrogens (tertiary/aromatic N) is 4. The van der Waals surface area contributed by atoms with Gasteiger partial charge in [-0.15, -0.1) is 0 Å². The van der Waals surface area contributed by atoms with Gasteiger partial charge in [0.05, 0.1) is 29.2 Å². The Morgan fingerprint density at radius 2 is 1.79 bits per heavy atom. The molecule has 7 heteroatoms. The van der Waals surface area contributed by atoms with Crippen LogP contribution in [-0.4, -0.2) is 70.3 Å². The second-order valence-electron chi connectivity index (χ2n) is 6.87. The van der Waals surface area contributed by atoms with Gasteiger partial charge in [0.1, 0.15) is 5.69 Å². The van der Waals surface area contributed by atoms with Crippen LogP contribution in [0, 0.1) is 20.8 Å². The molecular formula is C17H25N5O2. The van der Waals surface area contributed by atoms with Gasteiger partial charge in [-0.05, 0) is 33.6 Å². The van der Waals surface area contributed by atoms with Crippen molar-refractivity contribution in [2.24, 2.45) is 0 Å². The quantitative estimate of drug-likeness (QED) is 0.869. The minimum Gasteiger partial charge on any atom is -0.345 e. The van der Waals surface area contributed by atoms with Crippen LogP contribution in [0.25, 0.3) is 0 Å². The first-order chi connectivity index (χ1) is 11.4. The third-order valence-corrected chi connectivity index (χ3v) is 5.01. The number of likely N-dealkylation sites (N-methyl/N-ethyl adjacent to an activating group) is 1.